The number of hydrogen-bond donors (Lipinski definition) is 2. The number of amides is 1. The van der Waals surface area contributed by atoms with Crippen LogP contribution in [0.5, 0.6) is 0 Å². The van der Waals surface area contributed by atoms with Crippen molar-refractivity contribution in [2.45, 2.75) is 6.92 Å². The number of anilines is 1. The van der Waals surface area contributed by atoms with E-state index in [9.17, 15) is 13.6 Å². The third kappa shape index (κ3) is 3.54. The number of benzene rings is 1. The number of pyridine rings is 1. The molecule has 1 aromatic carbocycles. The Hall–Kier alpha value is -2.87. The van der Waals surface area contributed by atoms with Crippen LogP contribution >= 0.6 is 11.3 Å². The van der Waals surface area contributed by atoms with Crippen LogP contribution in [-0.2, 0) is 0 Å². The van der Waals surface area contributed by atoms with Crippen LogP contribution in [0.3, 0.4) is 0 Å². The second-order valence-corrected chi connectivity index (χ2v) is 5.89. The number of nitrogens with one attached hydrogen (secondary N) is 2. The summed E-state index contributed by atoms with van der Waals surface area (Å²) in [6.07, 6.45) is 1.26. The van der Waals surface area contributed by atoms with Gasteiger partial charge in [-0.15, -0.1) is 11.3 Å². The first kappa shape index (κ1) is 16.0. The smallest absolute Gasteiger partial charge is 0.281 e. The van der Waals surface area contributed by atoms with Crippen molar-refractivity contribution in [1.29, 1.82) is 0 Å². The normalized spacial score (nSPS) is 10.5. The number of carbonyl (C=O) groups is 1. The molecule has 5 nitrogen and oxygen atoms in total. The van der Waals surface area contributed by atoms with Crippen LogP contribution in [0.15, 0.2) is 42.6 Å². The molecular formula is C16H12F2N4OS. The lowest BCUT2D eigenvalue weighted by molar-refractivity contribution is 0.0966. The molecule has 0 spiro atoms. The Bertz CT molecular complexity index is 863. The molecule has 24 heavy (non-hydrogen) atoms. The van der Waals surface area contributed by atoms with E-state index in [-0.39, 0.29) is 11.7 Å². The molecule has 0 aliphatic rings. The van der Waals surface area contributed by atoms with Crippen LogP contribution in [-0.4, -0.2) is 15.9 Å². The van der Waals surface area contributed by atoms with Gasteiger partial charge in [0.25, 0.3) is 5.91 Å². The number of hydrogen-bond acceptors (Lipinski definition) is 5. The fourth-order valence-electron chi connectivity index (χ4n) is 1.96. The highest BCUT2D eigenvalue weighted by Gasteiger charge is 2.16. The Morgan fingerprint density at radius 1 is 1.12 bits per heavy atom. The van der Waals surface area contributed by atoms with E-state index in [4.69, 9.17) is 0 Å². The lowest BCUT2D eigenvalue weighted by Crippen LogP contribution is -2.29. The van der Waals surface area contributed by atoms with Gasteiger partial charge in [-0.2, -0.15) is 4.39 Å². The van der Waals surface area contributed by atoms with Crippen molar-refractivity contribution in [3.05, 3.63) is 64.9 Å². The van der Waals surface area contributed by atoms with Gasteiger partial charge in [0.1, 0.15) is 15.7 Å². The number of thiazole rings is 1. The highest BCUT2D eigenvalue weighted by Crippen LogP contribution is 2.28. The van der Waals surface area contributed by atoms with Gasteiger partial charge in [-0.3, -0.25) is 15.6 Å². The van der Waals surface area contributed by atoms with Crippen molar-refractivity contribution in [3.8, 4) is 10.6 Å². The molecule has 0 radical (unpaired) electrons. The van der Waals surface area contributed by atoms with Crippen molar-refractivity contribution in [1.82, 2.24) is 15.4 Å². The van der Waals surface area contributed by atoms with E-state index in [1.54, 1.807) is 19.1 Å². The topological polar surface area (TPSA) is 66.9 Å². The van der Waals surface area contributed by atoms with E-state index < -0.39 is 5.95 Å². The predicted molar refractivity (Wildman–Crippen MR) is 87.5 cm³/mol. The van der Waals surface area contributed by atoms with Gasteiger partial charge in [-0.05, 0) is 43.3 Å². The Labute approximate surface area is 140 Å². The van der Waals surface area contributed by atoms with Crippen molar-refractivity contribution in [2.24, 2.45) is 0 Å². The average Bonchev–Trinajstić information content (AvgIpc) is 2.96. The van der Waals surface area contributed by atoms with Crippen LogP contribution < -0.4 is 10.9 Å². The summed E-state index contributed by atoms with van der Waals surface area (Å²) in [5, 5.41) is 0.626. The number of aryl methyl sites for hydroxylation is 1. The average molecular weight is 346 g/mol. The molecular weight excluding hydrogens is 334 g/mol. The molecule has 3 aromatic rings. The Morgan fingerprint density at radius 3 is 2.54 bits per heavy atom. The maximum atomic E-state index is 13.0. The fraction of sp³-hybridized carbons (Fsp3) is 0.0625. The van der Waals surface area contributed by atoms with Crippen LogP contribution in [0.25, 0.3) is 10.6 Å². The first-order valence-corrected chi connectivity index (χ1v) is 7.76. The zero-order valence-electron chi connectivity index (χ0n) is 12.5. The van der Waals surface area contributed by atoms with Gasteiger partial charge in [-0.1, -0.05) is 0 Å². The molecule has 122 valence electrons. The summed E-state index contributed by atoms with van der Waals surface area (Å²) in [4.78, 5) is 20.5. The number of aromatic nitrogens is 2. The molecule has 0 bridgehead atoms. The Kier molecular flexibility index (Phi) is 4.48. The zero-order chi connectivity index (χ0) is 17.1. The molecule has 0 saturated heterocycles. The van der Waals surface area contributed by atoms with Gasteiger partial charge >= 0.3 is 0 Å². The highest BCUT2D eigenvalue weighted by atomic mass is 32.1. The summed E-state index contributed by atoms with van der Waals surface area (Å²) >= 11 is 1.20. The van der Waals surface area contributed by atoms with E-state index in [1.807, 2.05) is 0 Å². The largest absolute Gasteiger partial charge is 0.297 e. The first-order chi connectivity index (χ1) is 11.5. The van der Waals surface area contributed by atoms with Crippen molar-refractivity contribution >= 4 is 22.9 Å². The second kappa shape index (κ2) is 6.71. The molecule has 0 atom stereocenters. The Morgan fingerprint density at radius 2 is 1.88 bits per heavy atom. The summed E-state index contributed by atoms with van der Waals surface area (Å²) in [7, 11) is 0. The van der Waals surface area contributed by atoms with Crippen LogP contribution in [0.4, 0.5) is 14.5 Å². The maximum Gasteiger partial charge on any atom is 0.281 e. The van der Waals surface area contributed by atoms with Crippen LogP contribution in [0, 0.1) is 18.7 Å². The molecule has 2 heterocycles. The quantitative estimate of drug-likeness (QED) is 0.560. The summed E-state index contributed by atoms with van der Waals surface area (Å²) in [5.74, 6) is -1.31. The predicted octanol–water partition coefficient (Wildman–Crippen LogP) is 3.55. The minimum Gasteiger partial charge on any atom is -0.297 e. The Balaban J connectivity index is 1.73. The van der Waals surface area contributed by atoms with Crippen LogP contribution in [0.1, 0.15) is 15.4 Å². The van der Waals surface area contributed by atoms with Gasteiger partial charge in [0.05, 0.1) is 17.6 Å². The lowest BCUT2D eigenvalue weighted by atomic mass is 10.2. The SMILES string of the molecule is Cc1nc(-c2ccc(F)cc2)sc1C(=O)NNc1ccc(F)nc1. The molecule has 8 heteroatoms. The van der Waals surface area contributed by atoms with Gasteiger partial charge in [-0.25, -0.2) is 14.4 Å². The van der Waals surface area contributed by atoms with Crippen LogP contribution in [0.2, 0.25) is 0 Å². The molecule has 2 aromatic heterocycles. The number of rotatable bonds is 4. The molecule has 0 fully saturated rings. The van der Waals surface area contributed by atoms with Gasteiger partial charge in [0.2, 0.25) is 5.95 Å². The molecule has 2 N–H and O–H groups in total. The van der Waals surface area contributed by atoms with Gasteiger partial charge in [0, 0.05) is 5.56 Å². The monoisotopic (exact) mass is 346 g/mol. The van der Waals surface area contributed by atoms with E-state index >= 15 is 0 Å². The van der Waals surface area contributed by atoms with E-state index in [0.29, 0.717) is 21.3 Å². The van der Waals surface area contributed by atoms with Crippen molar-refractivity contribution in [2.75, 3.05) is 5.43 Å². The third-order valence-electron chi connectivity index (χ3n) is 3.14. The third-order valence-corrected chi connectivity index (χ3v) is 4.35. The molecule has 0 unspecified atom stereocenters. The van der Waals surface area contributed by atoms with E-state index in [1.165, 1.54) is 41.8 Å². The minimum atomic E-state index is -0.603. The maximum absolute atomic E-state index is 13.0. The van der Waals surface area contributed by atoms with Gasteiger partial charge < -0.3 is 0 Å². The summed E-state index contributed by atoms with van der Waals surface area (Å²) in [5.41, 5.74) is 6.91. The standard InChI is InChI=1S/C16H12F2N4OS/c1-9-14(15(23)22-21-12-6-7-13(18)19-8-12)24-16(20-9)10-2-4-11(17)5-3-10/h2-8,21H,1H3,(H,22,23). The number of nitrogens with zero attached hydrogens (tertiary/aromatic N) is 2. The fourth-order valence-corrected chi connectivity index (χ4v) is 2.93. The number of hydrazine groups is 1. The molecule has 0 saturated carbocycles. The molecule has 0 aliphatic heterocycles. The number of halogens is 2. The zero-order valence-corrected chi connectivity index (χ0v) is 13.3. The summed E-state index contributed by atoms with van der Waals surface area (Å²) < 4.78 is 25.7. The molecule has 0 aliphatic carbocycles. The highest BCUT2D eigenvalue weighted by molar-refractivity contribution is 7.17. The summed E-state index contributed by atoms with van der Waals surface area (Å²) in [6, 6.07) is 8.53. The number of carbonyl (C=O) groups excluding carboxylic acids is 1. The van der Waals surface area contributed by atoms with Crippen molar-refractivity contribution in [3.63, 3.8) is 0 Å². The first-order valence-electron chi connectivity index (χ1n) is 6.94. The molecule has 3 rings (SSSR count). The summed E-state index contributed by atoms with van der Waals surface area (Å²) in [6.45, 7) is 1.72. The van der Waals surface area contributed by atoms with Crippen molar-refractivity contribution < 1.29 is 13.6 Å². The van der Waals surface area contributed by atoms with Gasteiger partial charge in [0.15, 0.2) is 0 Å². The minimum absolute atomic E-state index is 0.331. The second-order valence-electron chi connectivity index (χ2n) is 4.89. The molecule has 1 amide bonds. The lowest BCUT2D eigenvalue weighted by Gasteiger charge is -2.06. The van der Waals surface area contributed by atoms with E-state index in [0.717, 1.165) is 5.56 Å². The van der Waals surface area contributed by atoms with E-state index in [2.05, 4.69) is 20.8 Å².